The highest BCUT2D eigenvalue weighted by molar-refractivity contribution is 5.44. The second kappa shape index (κ2) is 6.55. The quantitative estimate of drug-likeness (QED) is 0.863. The van der Waals surface area contributed by atoms with Gasteiger partial charge in [-0.1, -0.05) is 11.2 Å². The van der Waals surface area contributed by atoms with Gasteiger partial charge in [0.25, 0.3) is 0 Å². The zero-order valence-corrected chi connectivity index (χ0v) is 14.5. The summed E-state index contributed by atoms with van der Waals surface area (Å²) in [6.07, 6.45) is 5.86. The topological polar surface area (TPSA) is 51.4 Å². The maximum absolute atomic E-state index is 5.65. The van der Waals surface area contributed by atoms with Gasteiger partial charge >= 0.3 is 0 Å². The first kappa shape index (κ1) is 15.6. The maximum atomic E-state index is 5.65. The molecule has 128 valence electrons. The van der Waals surface area contributed by atoms with Gasteiger partial charge in [0, 0.05) is 24.9 Å². The van der Waals surface area contributed by atoms with Crippen molar-refractivity contribution in [1.29, 1.82) is 0 Å². The number of rotatable bonds is 4. The molecule has 2 aromatic rings. The molecule has 0 radical (unpaired) electrons. The van der Waals surface area contributed by atoms with Crippen LogP contribution in [0.3, 0.4) is 0 Å². The summed E-state index contributed by atoms with van der Waals surface area (Å²) in [6.45, 7) is 4.96. The molecule has 2 aliphatic rings. The number of benzene rings is 1. The minimum Gasteiger partial charge on any atom is -0.496 e. The molecule has 24 heavy (non-hydrogen) atoms. The Hall–Kier alpha value is -1.88. The zero-order valence-electron chi connectivity index (χ0n) is 14.5. The Kier molecular flexibility index (Phi) is 4.27. The van der Waals surface area contributed by atoms with Gasteiger partial charge in [-0.2, -0.15) is 4.98 Å². The molecule has 0 unspecified atom stereocenters. The van der Waals surface area contributed by atoms with Crippen LogP contribution >= 0.6 is 0 Å². The fraction of sp³-hybridized carbons (Fsp3) is 0.579. The molecule has 0 bridgehead atoms. The van der Waals surface area contributed by atoms with E-state index >= 15 is 0 Å². The van der Waals surface area contributed by atoms with Gasteiger partial charge in [0.2, 0.25) is 5.89 Å². The SMILES string of the molecule is COc1cc2c(cc1CN1CCC(c3noc(C)n3)CC1)CCC2. The van der Waals surface area contributed by atoms with Gasteiger partial charge in [-0.3, -0.25) is 4.90 Å². The standard InChI is InChI=1S/C19H25N3O2/c1-13-20-19(21-24-13)14-6-8-22(9-7-14)12-17-10-15-4-3-5-16(15)11-18(17)23-2/h10-11,14H,3-9,12H2,1-2H3. The fourth-order valence-corrected chi connectivity index (χ4v) is 4.04. The number of aromatic nitrogens is 2. The Morgan fingerprint density at radius 2 is 1.96 bits per heavy atom. The van der Waals surface area contributed by atoms with Gasteiger partial charge < -0.3 is 9.26 Å². The summed E-state index contributed by atoms with van der Waals surface area (Å²) in [5.74, 6) is 3.02. The first-order valence-corrected chi connectivity index (χ1v) is 8.94. The molecule has 4 rings (SSSR count). The van der Waals surface area contributed by atoms with E-state index in [2.05, 4.69) is 27.2 Å². The van der Waals surface area contributed by atoms with Crippen LogP contribution in [-0.2, 0) is 19.4 Å². The highest BCUT2D eigenvalue weighted by Gasteiger charge is 2.25. The molecule has 1 saturated heterocycles. The van der Waals surface area contributed by atoms with E-state index < -0.39 is 0 Å². The molecule has 0 spiro atoms. The molecule has 2 heterocycles. The minimum atomic E-state index is 0.431. The summed E-state index contributed by atoms with van der Waals surface area (Å²) in [6, 6.07) is 4.63. The number of methoxy groups -OCH3 is 1. The van der Waals surface area contributed by atoms with Crippen molar-refractivity contribution in [2.45, 2.75) is 51.5 Å². The third-order valence-corrected chi connectivity index (χ3v) is 5.38. The molecule has 0 atom stereocenters. The first-order valence-electron chi connectivity index (χ1n) is 8.94. The lowest BCUT2D eigenvalue weighted by Crippen LogP contribution is -2.33. The summed E-state index contributed by atoms with van der Waals surface area (Å²) in [4.78, 5) is 6.91. The lowest BCUT2D eigenvalue weighted by atomic mass is 9.95. The lowest BCUT2D eigenvalue weighted by Gasteiger charge is -2.31. The van der Waals surface area contributed by atoms with Crippen LogP contribution in [0.15, 0.2) is 16.7 Å². The van der Waals surface area contributed by atoms with Crippen molar-refractivity contribution < 1.29 is 9.26 Å². The molecule has 0 N–H and O–H groups in total. The largest absolute Gasteiger partial charge is 0.496 e. The Balaban J connectivity index is 1.42. The van der Waals surface area contributed by atoms with Crippen molar-refractivity contribution in [3.8, 4) is 5.75 Å². The van der Waals surface area contributed by atoms with Crippen molar-refractivity contribution in [3.05, 3.63) is 40.5 Å². The van der Waals surface area contributed by atoms with Crippen LogP contribution in [0.1, 0.15) is 53.6 Å². The van der Waals surface area contributed by atoms with E-state index in [1.165, 1.54) is 36.0 Å². The van der Waals surface area contributed by atoms with E-state index in [0.717, 1.165) is 44.0 Å². The van der Waals surface area contributed by atoms with E-state index in [9.17, 15) is 0 Å². The van der Waals surface area contributed by atoms with Crippen molar-refractivity contribution in [2.75, 3.05) is 20.2 Å². The molecular formula is C19H25N3O2. The first-order chi connectivity index (χ1) is 11.7. The number of likely N-dealkylation sites (tertiary alicyclic amines) is 1. The Labute approximate surface area is 143 Å². The summed E-state index contributed by atoms with van der Waals surface area (Å²) < 4.78 is 10.8. The average Bonchev–Trinajstić information content (AvgIpc) is 3.23. The number of ether oxygens (including phenoxy) is 1. The van der Waals surface area contributed by atoms with Crippen LogP contribution in [0.2, 0.25) is 0 Å². The number of aryl methyl sites for hydroxylation is 3. The predicted molar refractivity (Wildman–Crippen MR) is 91.3 cm³/mol. The Bertz CT molecular complexity index is 717. The van der Waals surface area contributed by atoms with Crippen LogP contribution < -0.4 is 4.74 Å². The summed E-state index contributed by atoms with van der Waals surface area (Å²) in [7, 11) is 1.78. The third-order valence-electron chi connectivity index (χ3n) is 5.38. The second-order valence-corrected chi connectivity index (χ2v) is 7.01. The molecule has 1 aliphatic heterocycles. The average molecular weight is 327 g/mol. The Morgan fingerprint density at radius 3 is 2.62 bits per heavy atom. The smallest absolute Gasteiger partial charge is 0.223 e. The number of hydrogen-bond acceptors (Lipinski definition) is 5. The maximum Gasteiger partial charge on any atom is 0.223 e. The fourth-order valence-electron chi connectivity index (χ4n) is 4.04. The molecule has 1 aromatic heterocycles. The van der Waals surface area contributed by atoms with E-state index in [0.29, 0.717) is 11.8 Å². The highest BCUT2D eigenvalue weighted by atomic mass is 16.5. The van der Waals surface area contributed by atoms with Crippen LogP contribution in [0.4, 0.5) is 0 Å². The van der Waals surface area contributed by atoms with Gasteiger partial charge in [0.1, 0.15) is 5.75 Å². The van der Waals surface area contributed by atoms with Crippen molar-refractivity contribution in [1.82, 2.24) is 15.0 Å². The zero-order chi connectivity index (χ0) is 16.5. The molecule has 1 aromatic carbocycles. The van der Waals surface area contributed by atoms with Gasteiger partial charge in [-0.25, -0.2) is 0 Å². The normalized spacial score (nSPS) is 18.8. The molecule has 0 saturated carbocycles. The Morgan fingerprint density at radius 1 is 1.21 bits per heavy atom. The molecule has 0 amide bonds. The lowest BCUT2D eigenvalue weighted by molar-refractivity contribution is 0.198. The second-order valence-electron chi connectivity index (χ2n) is 7.01. The highest BCUT2D eigenvalue weighted by Crippen LogP contribution is 2.32. The van der Waals surface area contributed by atoms with Crippen molar-refractivity contribution in [2.24, 2.45) is 0 Å². The molecule has 1 aliphatic carbocycles. The van der Waals surface area contributed by atoms with E-state index in [1.54, 1.807) is 7.11 Å². The van der Waals surface area contributed by atoms with Crippen molar-refractivity contribution in [3.63, 3.8) is 0 Å². The van der Waals surface area contributed by atoms with E-state index in [-0.39, 0.29) is 0 Å². The van der Waals surface area contributed by atoms with Gasteiger partial charge in [0.05, 0.1) is 7.11 Å². The van der Waals surface area contributed by atoms with Crippen LogP contribution in [0.25, 0.3) is 0 Å². The predicted octanol–water partition coefficient (Wildman–Crippen LogP) is 3.25. The number of hydrogen-bond donors (Lipinski definition) is 0. The van der Waals surface area contributed by atoms with Gasteiger partial charge in [0.15, 0.2) is 5.82 Å². The third kappa shape index (κ3) is 3.05. The summed E-state index contributed by atoms with van der Waals surface area (Å²) in [5.41, 5.74) is 4.32. The molecule has 1 fully saturated rings. The van der Waals surface area contributed by atoms with Crippen LogP contribution in [0.5, 0.6) is 5.75 Å². The van der Waals surface area contributed by atoms with Crippen molar-refractivity contribution >= 4 is 0 Å². The summed E-state index contributed by atoms with van der Waals surface area (Å²) in [5, 5.41) is 4.09. The molecule has 5 heteroatoms. The monoisotopic (exact) mass is 327 g/mol. The van der Waals surface area contributed by atoms with Gasteiger partial charge in [-0.15, -0.1) is 0 Å². The number of fused-ring (bicyclic) bond motifs is 1. The molecular weight excluding hydrogens is 302 g/mol. The van der Waals surface area contributed by atoms with Crippen LogP contribution in [-0.4, -0.2) is 35.2 Å². The number of nitrogens with zero attached hydrogens (tertiary/aromatic N) is 3. The summed E-state index contributed by atoms with van der Waals surface area (Å²) >= 11 is 0. The van der Waals surface area contributed by atoms with Gasteiger partial charge in [-0.05, 0) is 62.4 Å². The van der Waals surface area contributed by atoms with Crippen LogP contribution in [0, 0.1) is 6.92 Å². The molecule has 5 nitrogen and oxygen atoms in total. The number of piperidine rings is 1. The van der Waals surface area contributed by atoms with E-state index in [1.807, 2.05) is 6.92 Å². The van der Waals surface area contributed by atoms with E-state index in [4.69, 9.17) is 9.26 Å². The minimum absolute atomic E-state index is 0.431.